The standard InChI is InChI=1S/C22H21FN2O2S/c1-14-17-5-3-4-6-20(17)28-21(14)22(27)25-11-9-24(10-12-25)19-8-7-16(15(2)26)13-18(19)23/h3-8,13H,9-12H2,1-2H3. The molecule has 1 aliphatic heterocycles. The number of aryl methyl sites for hydroxylation is 1. The van der Waals surface area contributed by atoms with Crippen LogP contribution in [-0.2, 0) is 0 Å². The van der Waals surface area contributed by atoms with Crippen molar-refractivity contribution in [2.45, 2.75) is 13.8 Å². The van der Waals surface area contributed by atoms with Crippen LogP contribution < -0.4 is 4.90 Å². The van der Waals surface area contributed by atoms with E-state index in [0.29, 0.717) is 37.4 Å². The minimum absolute atomic E-state index is 0.0470. The Hall–Kier alpha value is -2.73. The molecule has 1 fully saturated rings. The molecular weight excluding hydrogens is 375 g/mol. The Morgan fingerprint density at radius 1 is 1.04 bits per heavy atom. The number of hydrogen-bond acceptors (Lipinski definition) is 4. The number of thiophene rings is 1. The first-order chi connectivity index (χ1) is 13.5. The van der Waals surface area contributed by atoms with E-state index in [-0.39, 0.29) is 11.7 Å². The summed E-state index contributed by atoms with van der Waals surface area (Å²) in [6.45, 7) is 5.63. The molecule has 0 bridgehead atoms. The normalized spacial score (nSPS) is 14.5. The SMILES string of the molecule is CC(=O)c1ccc(N2CCN(C(=O)c3sc4ccccc4c3C)CC2)c(F)c1. The lowest BCUT2D eigenvalue weighted by Crippen LogP contribution is -2.49. The number of carbonyl (C=O) groups excluding carboxylic acids is 2. The third kappa shape index (κ3) is 3.29. The van der Waals surface area contributed by atoms with E-state index in [1.54, 1.807) is 12.1 Å². The lowest BCUT2D eigenvalue weighted by molar-refractivity contribution is 0.0750. The molecule has 1 saturated heterocycles. The predicted molar refractivity (Wildman–Crippen MR) is 111 cm³/mol. The van der Waals surface area contributed by atoms with E-state index in [1.807, 2.05) is 41.0 Å². The van der Waals surface area contributed by atoms with Gasteiger partial charge < -0.3 is 9.80 Å². The van der Waals surface area contributed by atoms with Gasteiger partial charge in [0.15, 0.2) is 5.78 Å². The number of fused-ring (bicyclic) bond motifs is 1. The van der Waals surface area contributed by atoms with E-state index in [1.165, 1.54) is 24.3 Å². The van der Waals surface area contributed by atoms with Crippen molar-refractivity contribution < 1.29 is 14.0 Å². The second-order valence-electron chi connectivity index (χ2n) is 7.05. The van der Waals surface area contributed by atoms with E-state index >= 15 is 0 Å². The van der Waals surface area contributed by atoms with Crippen molar-refractivity contribution in [1.82, 2.24) is 4.90 Å². The topological polar surface area (TPSA) is 40.6 Å². The lowest BCUT2D eigenvalue weighted by Gasteiger charge is -2.36. The number of Topliss-reactive ketones (excluding diaryl/α,β-unsaturated/α-hetero) is 1. The fraction of sp³-hybridized carbons (Fsp3) is 0.273. The first kappa shape index (κ1) is 18.6. The molecule has 4 nitrogen and oxygen atoms in total. The summed E-state index contributed by atoms with van der Waals surface area (Å²) < 4.78 is 15.5. The van der Waals surface area contributed by atoms with Crippen LogP contribution in [0.25, 0.3) is 10.1 Å². The number of piperazine rings is 1. The van der Waals surface area contributed by atoms with Gasteiger partial charge in [-0.3, -0.25) is 9.59 Å². The van der Waals surface area contributed by atoms with Gasteiger partial charge in [0.1, 0.15) is 5.82 Å². The molecule has 3 aromatic rings. The highest BCUT2D eigenvalue weighted by Crippen LogP contribution is 2.32. The number of ketones is 1. The third-order valence-electron chi connectivity index (χ3n) is 5.30. The van der Waals surface area contributed by atoms with Crippen molar-refractivity contribution in [3.05, 3.63) is 64.3 Å². The number of amides is 1. The van der Waals surface area contributed by atoms with Crippen LogP contribution in [-0.4, -0.2) is 42.8 Å². The van der Waals surface area contributed by atoms with Crippen LogP contribution in [0.15, 0.2) is 42.5 Å². The van der Waals surface area contributed by atoms with Crippen LogP contribution >= 0.6 is 11.3 Å². The maximum atomic E-state index is 14.4. The second-order valence-corrected chi connectivity index (χ2v) is 8.11. The van der Waals surface area contributed by atoms with Crippen molar-refractivity contribution in [3.8, 4) is 0 Å². The van der Waals surface area contributed by atoms with Crippen LogP contribution in [0.3, 0.4) is 0 Å². The molecule has 1 aliphatic rings. The van der Waals surface area contributed by atoms with E-state index < -0.39 is 5.82 Å². The maximum Gasteiger partial charge on any atom is 0.264 e. The minimum atomic E-state index is -0.396. The van der Waals surface area contributed by atoms with Gasteiger partial charge >= 0.3 is 0 Å². The smallest absolute Gasteiger partial charge is 0.264 e. The van der Waals surface area contributed by atoms with E-state index in [2.05, 4.69) is 0 Å². The zero-order valence-corrected chi connectivity index (χ0v) is 16.7. The van der Waals surface area contributed by atoms with E-state index in [9.17, 15) is 14.0 Å². The summed E-state index contributed by atoms with van der Waals surface area (Å²) >= 11 is 1.53. The number of rotatable bonds is 3. The highest BCUT2D eigenvalue weighted by Gasteiger charge is 2.26. The highest BCUT2D eigenvalue weighted by atomic mass is 32.1. The van der Waals surface area contributed by atoms with Crippen LogP contribution in [0, 0.1) is 12.7 Å². The molecule has 6 heteroatoms. The molecule has 0 aliphatic carbocycles. The average molecular weight is 396 g/mol. The number of benzene rings is 2. The molecule has 2 aromatic carbocycles. The number of nitrogens with zero attached hydrogens (tertiary/aromatic N) is 2. The summed E-state index contributed by atoms with van der Waals surface area (Å²) in [6, 6.07) is 12.6. The number of hydrogen-bond donors (Lipinski definition) is 0. The van der Waals surface area contributed by atoms with Crippen molar-refractivity contribution in [2.24, 2.45) is 0 Å². The first-order valence-corrected chi connectivity index (χ1v) is 10.1. The van der Waals surface area contributed by atoms with Gasteiger partial charge in [-0.25, -0.2) is 4.39 Å². The molecule has 0 N–H and O–H groups in total. The van der Waals surface area contributed by atoms with Crippen molar-refractivity contribution in [2.75, 3.05) is 31.1 Å². The van der Waals surface area contributed by atoms with Crippen molar-refractivity contribution >= 4 is 38.8 Å². The molecule has 0 atom stereocenters. The molecule has 0 radical (unpaired) electrons. The quantitative estimate of drug-likeness (QED) is 0.612. The van der Waals surface area contributed by atoms with Gasteiger partial charge in [0.2, 0.25) is 0 Å². The molecule has 1 amide bonds. The highest BCUT2D eigenvalue weighted by molar-refractivity contribution is 7.21. The van der Waals surface area contributed by atoms with E-state index in [4.69, 9.17) is 0 Å². The van der Waals surface area contributed by atoms with Crippen molar-refractivity contribution in [3.63, 3.8) is 0 Å². The van der Waals surface area contributed by atoms with E-state index in [0.717, 1.165) is 20.5 Å². The van der Waals surface area contributed by atoms with Crippen LogP contribution in [0.5, 0.6) is 0 Å². The summed E-state index contributed by atoms with van der Waals surface area (Å²) in [4.78, 5) is 29.0. The van der Waals surface area contributed by atoms with Gasteiger partial charge in [-0.1, -0.05) is 18.2 Å². The zero-order chi connectivity index (χ0) is 19.8. The number of anilines is 1. The van der Waals surface area contributed by atoms with Crippen LogP contribution in [0.1, 0.15) is 32.5 Å². The van der Waals surface area contributed by atoms with Crippen LogP contribution in [0.4, 0.5) is 10.1 Å². The van der Waals surface area contributed by atoms with Gasteiger partial charge in [-0.05, 0) is 49.1 Å². The van der Waals surface area contributed by atoms with Gasteiger partial charge in [0.05, 0.1) is 10.6 Å². The largest absolute Gasteiger partial charge is 0.366 e. The first-order valence-electron chi connectivity index (χ1n) is 9.28. The maximum absolute atomic E-state index is 14.4. The zero-order valence-electron chi connectivity index (χ0n) is 15.9. The molecule has 0 spiro atoms. The average Bonchev–Trinajstić information content (AvgIpc) is 3.04. The Labute approximate surface area is 167 Å². The Bertz CT molecular complexity index is 1070. The Morgan fingerprint density at radius 3 is 2.39 bits per heavy atom. The number of carbonyl (C=O) groups is 2. The molecule has 0 saturated carbocycles. The Balaban J connectivity index is 1.48. The summed E-state index contributed by atoms with van der Waals surface area (Å²) in [5.74, 6) is -0.502. The summed E-state index contributed by atoms with van der Waals surface area (Å²) in [6.07, 6.45) is 0. The van der Waals surface area contributed by atoms with Crippen molar-refractivity contribution in [1.29, 1.82) is 0 Å². The fourth-order valence-electron chi connectivity index (χ4n) is 3.65. The minimum Gasteiger partial charge on any atom is -0.366 e. The Kier molecular flexibility index (Phi) is 4.89. The molecule has 1 aromatic heterocycles. The summed E-state index contributed by atoms with van der Waals surface area (Å²) in [5, 5.41) is 1.13. The van der Waals surface area contributed by atoms with Gasteiger partial charge in [-0.2, -0.15) is 0 Å². The summed E-state index contributed by atoms with van der Waals surface area (Å²) in [5.41, 5.74) is 1.88. The number of halogens is 1. The monoisotopic (exact) mass is 396 g/mol. The molecule has 0 unspecified atom stereocenters. The molecule has 144 valence electrons. The third-order valence-corrected chi connectivity index (χ3v) is 6.56. The van der Waals surface area contributed by atoms with Gasteiger partial charge in [0.25, 0.3) is 5.91 Å². The molecule has 2 heterocycles. The Morgan fingerprint density at radius 2 is 1.75 bits per heavy atom. The molecule has 4 rings (SSSR count). The molecular formula is C22H21FN2O2S. The van der Waals surface area contributed by atoms with Gasteiger partial charge in [-0.15, -0.1) is 11.3 Å². The molecule has 28 heavy (non-hydrogen) atoms. The summed E-state index contributed by atoms with van der Waals surface area (Å²) in [7, 11) is 0. The fourth-order valence-corrected chi connectivity index (χ4v) is 4.83. The predicted octanol–water partition coefficient (Wildman–Crippen LogP) is 4.51. The second kappa shape index (κ2) is 7.36. The lowest BCUT2D eigenvalue weighted by atomic mass is 10.1. The van der Waals surface area contributed by atoms with Gasteiger partial charge in [0, 0.05) is 36.4 Å². The van der Waals surface area contributed by atoms with Crippen LogP contribution in [0.2, 0.25) is 0 Å².